The van der Waals surface area contributed by atoms with Crippen LogP contribution >= 0.6 is 23.1 Å². The van der Waals surface area contributed by atoms with Crippen LogP contribution in [-0.2, 0) is 11.2 Å². The molecule has 0 saturated heterocycles. The second kappa shape index (κ2) is 9.89. The molecule has 0 radical (unpaired) electrons. The van der Waals surface area contributed by atoms with Crippen LogP contribution in [0.1, 0.15) is 35.1 Å². The van der Waals surface area contributed by atoms with Gasteiger partial charge in [-0.3, -0.25) is 4.79 Å². The molecule has 1 amide bonds. The van der Waals surface area contributed by atoms with E-state index >= 15 is 0 Å². The summed E-state index contributed by atoms with van der Waals surface area (Å²) in [7, 11) is 0. The molecule has 0 fully saturated rings. The number of hydrogen-bond donors (Lipinski definition) is 1. The van der Waals surface area contributed by atoms with Crippen LogP contribution in [0.15, 0.2) is 69.6 Å². The Balaban J connectivity index is 1.27. The maximum absolute atomic E-state index is 12.4. The molecule has 0 aliphatic carbocycles. The van der Waals surface area contributed by atoms with E-state index in [9.17, 15) is 4.79 Å². The van der Waals surface area contributed by atoms with Gasteiger partial charge in [0.15, 0.2) is 0 Å². The van der Waals surface area contributed by atoms with Gasteiger partial charge in [-0.25, -0.2) is 4.98 Å². The summed E-state index contributed by atoms with van der Waals surface area (Å²) in [5, 5.41) is 14.4. The highest BCUT2D eigenvalue weighted by atomic mass is 32.2. The van der Waals surface area contributed by atoms with Gasteiger partial charge in [0.1, 0.15) is 0 Å². The number of carbonyl (C=O) groups excluding carboxylic acids is 1. The number of benzene rings is 2. The zero-order valence-corrected chi connectivity index (χ0v) is 18.9. The van der Waals surface area contributed by atoms with Crippen molar-refractivity contribution in [2.75, 3.05) is 5.75 Å². The minimum atomic E-state index is -0.0934. The number of thioether (sulfide) groups is 1. The molecule has 1 unspecified atom stereocenters. The number of rotatable bonds is 8. The number of nitrogens with zero attached hydrogens (tertiary/aromatic N) is 3. The van der Waals surface area contributed by atoms with Gasteiger partial charge in [0.2, 0.25) is 11.8 Å². The summed E-state index contributed by atoms with van der Waals surface area (Å²) in [4.78, 5) is 16.8. The molecule has 2 aromatic carbocycles. The van der Waals surface area contributed by atoms with E-state index in [0.717, 1.165) is 21.8 Å². The van der Waals surface area contributed by atoms with Crippen molar-refractivity contribution in [3.05, 3.63) is 82.1 Å². The predicted molar refractivity (Wildman–Crippen MR) is 123 cm³/mol. The molecule has 1 atom stereocenters. The zero-order valence-electron chi connectivity index (χ0n) is 17.2. The normalized spacial score (nSPS) is 11.9. The SMILES string of the molecule is Cc1nc(Cc2nnc(SCC(=O)NC(C)c3ccc(-c4ccccc4)cc3)o2)cs1. The first kappa shape index (κ1) is 21.3. The molecule has 0 aliphatic heterocycles. The van der Waals surface area contributed by atoms with Crippen LogP contribution in [0, 0.1) is 6.92 Å². The predicted octanol–water partition coefficient (Wildman–Crippen LogP) is 5.06. The number of carbonyl (C=O) groups is 1. The summed E-state index contributed by atoms with van der Waals surface area (Å²) >= 11 is 2.82. The van der Waals surface area contributed by atoms with Crippen LogP contribution in [0.25, 0.3) is 11.1 Å². The van der Waals surface area contributed by atoms with Crippen molar-refractivity contribution in [2.24, 2.45) is 0 Å². The van der Waals surface area contributed by atoms with E-state index in [2.05, 4.69) is 44.8 Å². The molecule has 6 nitrogen and oxygen atoms in total. The lowest BCUT2D eigenvalue weighted by Gasteiger charge is -2.14. The van der Waals surface area contributed by atoms with E-state index in [-0.39, 0.29) is 17.7 Å². The average molecular weight is 451 g/mol. The standard InChI is InChI=1S/C23H22N4O2S2/c1-15(17-8-10-19(11-9-17)18-6-4-3-5-7-18)24-21(28)14-31-23-27-26-22(29-23)12-20-13-30-16(2)25-20/h3-11,13,15H,12,14H2,1-2H3,(H,24,28). The van der Waals surface area contributed by atoms with Crippen LogP contribution in [0.4, 0.5) is 0 Å². The van der Waals surface area contributed by atoms with Crippen LogP contribution in [0.2, 0.25) is 0 Å². The van der Waals surface area contributed by atoms with Gasteiger partial charge in [-0.1, -0.05) is 66.4 Å². The second-order valence-corrected chi connectivity index (χ2v) is 9.05. The number of hydrogen-bond acceptors (Lipinski definition) is 7. The first-order valence-corrected chi connectivity index (χ1v) is 11.7. The third-order valence-corrected chi connectivity index (χ3v) is 6.31. The van der Waals surface area contributed by atoms with E-state index in [1.165, 1.54) is 17.3 Å². The minimum absolute atomic E-state index is 0.0838. The van der Waals surface area contributed by atoms with Gasteiger partial charge in [-0.2, -0.15) is 0 Å². The largest absolute Gasteiger partial charge is 0.416 e. The smallest absolute Gasteiger partial charge is 0.277 e. The zero-order chi connectivity index (χ0) is 21.6. The Hall–Kier alpha value is -2.97. The molecule has 4 rings (SSSR count). The second-order valence-electron chi connectivity index (χ2n) is 7.06. The molecule has 0 spiro atoms. The lowest BCUT2D eigenvalue weighted by Crippen LogP contribution is -2.28. The third-order valence-electron chi connectivity index (χ3n) is 4.67. The summed E-state index contributed by atoms with van der Waals surface area (Å²) in [6.07, 6.45) is 0.500. The van der Waals surface area contributed by atoms with Crippen molar-refractivity contribution in [1.82, 2.24) is 20.5 Å². The highest BCUT2D eigenvalue weighted by Crippen LogP contribution is 2.22. The fourth-order valence-corrected chi connectivity index (χ4v) is 4.31. The molecule has 2 heterocycles. The lowest BCUT2D eigenvalue weighted by atomic mass is 10.0. The molecule has 1 N–H and O–H groups in total. The van der Waals surface area contributed by atoms with Crippen molar-refractivity contribution in [1.29, 1.82) is 0 Å². The molecule has 0 aliphatic rings. The molecule has 4 aromatic rings. The monoisotopic (exact) mass is 450 g/mol. The van der Waals surface area contributed by atoms with Gasteiger partial charge in [0.05, 0.1) is 28.9 Å². The fourth-order valence-electron chi connectivity index (χ4n) is 3.10. The van der Waals surface area contributed by atoms with Gasteiger partial charge in [-0.15, -0.1) is 21.5 Å². The van der Waals surface area contributed by atoms with Gasteiger partial charge in [0, 0.05) is 5.38 Å². The molecule has 2 aromatic heterocycles. The van der Waals surface area contributed by atoms with Crippen molar-refractivity contribution in [3.8, 4) is 11.1 Å². The van der Waals surface area contributed by atoms with E-state index in [1.807, 2.05) is 49.6 Å². The van der Waals surface area contributed by atoms with Crippen LogP contribution in [-0.4, -0.2) is 26.8 Å². The van der Waals surface area contributed by atoms with Gasteiger partial charge >= 0.3 is 0 Å². The Morgan fingerprint density at radius 3 is 2.55 bits per heavy atom. The van der Waals surface area contributed by atoms with Crippen LogP contribution in [0.5, 0.6) is 0 Å². The number of aromatic nitrogens is 3. The Kier molecular flexibility index (Phi) is 6.79. The van der Waals surface area contributed by atoms with Crippen molar-refractivity contribution in [3.63, 3.8) is 0 Å². The lowest BCUT2D eigenvalue weighted by molar-refractivity contribution is -0.119. The van der Waals surface area contributed by atoms with E-state index in [1.54, 1.807) is 11.3 Å². The first-order chi connectivity index (χ1) is 15.1. The molecular weight excluding hydrogens is 428 g/mol. The number of nitrogens with one attached hydrogen (secondary N) is 1. The molecule has 158 valence electrons. The number of thiazole rings is 1. The summed E-state index contributed by atoms with van der Waals surface area (Å²) in [6.45, 7) is 3.93. The Bertz CT molecular complexity index is 1140. The molecule has 0 saturated carbocycles. The Morgan fingerprint density at radius 1 is 1.10 bits per heavy atom. The van der Waals surface area contributed by atoms with Gasteiger partial charge < -0.3 is 9.73 Å². The summed E-state index contributed by atoms with van der Waals surface area (Å²) in [5.41, 5.74) is 4.29. The van der Waals surface area contributed by atoms with Crippen molar-refractivity contribution < 1.29 is 9.21 Å². The Morgan fingerprint density at radius 2 is 1.84 bits per heavy atom. The topological polar surface area (TPSA) is 80.9 Å². The Labute approximate surface area is 189 Å². The van der Waals surface area contributed by atoms with E-state index < -0.39 is 0 Å². The number of aryl methyl sites for hydroxylation is 1. The summed E-state index contributed by atoms with van der Waals surface area (Å²) < 4.78 is 5.62. The summed E-state index contributed by atoms with van der Waals surface area (Å²) in [5.74, 6) is 0.628. The molecular formula is C23H22N4O2S2. The quantitative estimate of drug-likeness (QED) is 0.378. The van der Waals surface area contributed by atoms with Gasteiger partial charge in [0.25, 0.3) is 5.22 Å². The fraction of sp³-hybridized carbons (Fsp3) is 0.217. The molecule has 8 heteroatoms. The average Bonchev–Trinajstić information content (AvgIpc) is 3.41. The van der Waals surface area contributed by atoms with Crippen LogP contribution in [0.3, 0.4) is 0 Å². The minimum Gasteiger partial charge on any atom is -0.416 e. The highest BCUT2D eigenvalue weighted by Gasteiger charge is 2.14. The van der Waals surface area contributed by atoms with E-state index in [0.29, 0.717) is 17.5 Å². The van der Waals surface area contributed by atoms with Crippen LogP contribution < -0.4 is 5.32 Å². The third kappa shape index (κ3) is 5.80. The highest BCUT2D eigenvalue weighted by molar-refractivity contribution is 7.99. The van der Waals surface area contributed by atoms with E-state index in [4.69, 9.17) is 4.42 Å². The number of amides is 1. The summed E-state index contributed by atoms with van der Waals surface area (Å²) in [6, 6.07) is 18.4. The van der Waals surface area contributed by atoms with Crippen molar-refractivity contribution in [2.45, 2.75) is 31.5 Å². The molecule has 0 bridgehead atoms. The molecule has 31 heavy (non-hydrogen) atoms. The van der Waals surface area contributed by atoms with Gasteiger partial charge in [-0.05, 0) is 30.5 Å². The maximum atomic E-state index is 12.4. The first-order valence-electron chi connectivity index (χ1n) is 9.88. The maximum Gasteiger partial charge on any atom is 0.277 e. The van der Waals surface area contributed by atoms with Crippen molar-refractivity contribution >= 4 is 29.0 Å².